The molecular formula is C24H30N2O2. The van der Waals surface area contributed by atoms with Crippen molar-refractivity contribution in [1.29, 1.82) is 0 Å². The van der Waals surface area contributed by atoms with Gasteiger partial charge in [0.1, 0.15) is 0 Å². The van der Waals surface area contributed by atoms with E-state index in [0.29, 0.717) is 6.54 Å². The van der Waals surface area contributed by atoms with Crippen LogP contribution in [0.2, 0.25) is 0 Å². The molecule has 0 atom stereocenters. The Kier molecular flexibility index (Phi) is 6.50. The average molecular weight is 379 g/mol. The van der Waals surface area contributed by atoms with Crippen LogP contribution in [-0.4, -0.2) is 18.4 Å². The van der Waals surface area contributed by atoms with Gasteiger partial charge in [-0.1, -0.05) is 30.3 Å². The van der Waals surface area contributed by atoms with Gasteiger partial charge in [0, 0.05) is 29.8 Å². The van der Waals surface area contributed by atoms with Crippen LogP contribution in [0.1, 0.15) is 43.7 Å². The molecule has 4 heteroatoms. The van der Waals surface area contributed by atoms with Crippen molar-refractivity contribution in [3.8, 4) is 0 Å². The van der Waals surface area contributed by atoms with Crippen LogP contribution in [0.3, 0.4) is 0 Å². The van der Waals surface area contributed by atoms with E-state index in [-0.39, 0.29) is 23.7 Å². The van der Waals surface area contributed by atoms with E-state index in [1.54, 1.807) is 0 Å². The minimum Gasteiger partial charge on any atom is -0.326 e. The van der Waals surface area contributed by atoms with Crippen LogP contribution in [0.15, 0.2) is 48.5 Å². The van der Waals surface area contributed by atoms with Crippen molar-refractivity contribution in [2.75, 3.05) is 16.8 Å². The third kappa shape index (κ3) is 4.61. The van der Waals surface area contributed by atoms with E-state index in [4.69, 9.17) is 0 Å². The van der Waals surface area contributed by atoms with Crippen molar-refractivity contribution in [3.05, 3.63) is 59.7 Å². The Morgan fingerprint density at radius 3 is 2.29 bits per heavy atom. The van der Waals surface area contributed by atoms with Crippen molar-refractivity contribution in [2.24, 2.45) is 11.8 Å². The summed E-state index contributed by atoms with van der Waals surface area (Å²) in [7, 11) is 0. The molecule has 2 aromatic carbocycles. The SMILES string of the molecule is CCN(C(=O)C1CCC(C(=O)Nc2ccccc2C)CC1)c1cccc(C)c1. The second-order valence-electron chi connectivity index (χ2n) is 7.77. The fraction of sp³-hybridized carbons (Fsp3) is 0.417. The molecule has 0 saturated heterocycles. The summed E-state index contributed by atoms with van der Waals surface area (Å²) in [5, 5.41) is 3.06. The molecule has 1 N–H and O–H groups in total. The molecule has 1 aliphatic rings. The van der Waals surface area contributed by atoms with Crippen molar-refractivity contribution in [2.45, 2.75) is 46.5 Å². The molecule has 0 aliphatic heterocycles. The second-order valence-corrected chi connectivity index (χ2v) is 7.77. The molecule has 2 aromatic rings. The summed E-state index contributed by atoms with van der Waals surface area (Å²) in [6.45, 7) is 6.72. The first-order valence-electron chi connectivity index (χ1n) is 10.2. The van der Waals surface area contributed by atoms with Crippen molar-refractivity contribution in [3.63, 3.8) is 0 Å². The Morgan fingerprint density at radius 1 is 0.964 bits per heavy atom. The topological polar surface area (TPSA) is 49.4 Å². The lowest BCUT2D eigenvalue weighted by Crippen LogP contribution is -2.39. The van der Waals surface area contributed by atoms with Crippen LogP contribution in [0.25, 0.3) is 0 Å². The fourth-order valence-electron chi connectivity index (χ4n) is 4.03. The Balaban J connectivity index is 1.59. The van der Waals surface area contributed by atoms with Crippen LogP contribution in [0, 0.1) is 25.7 Å². The van der Waals surface area contributed by atoms with Crippen LogP contribution < -0.4 is 10.2 Å². The maximum atomic E-state index is 13.1. The third-order valence-corrected chi connectivity index (χ3v) is 5.75. The molecule has 0 bridgehead atoms. The number of rotatable bonds is 5. The number of carbonyl (C=O) groups excluding carboxylic acids is 2. The van der Waals surface area contributed by atoms with Crippen LogP contribution in [0.5, 0.6) is 0 Å². The third-order valence-electron chi connectivity index (χ3n) is 5.75. The lowest BCUT2D eigenvalue weighted by atomic mass is 9.80. The van der Waals surface area contributed by atoms with Crippen LogP contribution in [-0.2, 0) is 9.59 Å². The average Bonchev–Trinajstić information content (AvgIpc) is 2.70. The van der Waals surface area contributed by atoms with Gasteiger partial charge >= 0.3 is 0 Å². The molecule has 0 unspecified atom stereocenters. The molecule has 148 valence electrons. The van der Waals surface area contributed by atoms with Gasteiger partial charge in [-0.15, -0.1) is 0 Å². The van der Waals surface area contributed by atoms with Gasteiger partial charge in [-0.3, -0.25) is 9.59 Å². The standard InChI is InChI=1S/C24H30N2O2/c1-4-26(21-10-7-8-17(2)16-21)24(28)20-14-12-19(13-15-20)23(27)25-22-11-6-5-9-18(22)3/h5-11,16,19-20H,4,12-15H2,1-3H3,(H,25,27). The number of nitrogens with zero attached hydrogens (tertiary/aromatic N) is 1. The summed E-state index contributed by atoms with van der Waals surface area (Å²) in [5.41, 5.74) is 4.06. The number of carbonyl (C=O) groups is 2. The maximum absolute atomic E-state index is 13.1. The normalized spacial score (nSPS) is 19.1. The minimum absolute atomic E-state index is 0.00275. The molecule has 0 heterocycles. The highest BCUT2D eigenvalue weighted by Crippen LogP contribution is 2.32. The van der Waals surface area contributed by atoms with Crippen molar-refractivity contribution < 1.29 is 9.59 Å². The van der Waals surface area contributed by atoms with Crippen molar-refractivity contribution >= 4 is 23.2 Å². The largest absolute Gasteiger partial charge is 0.326 e. The van der Waals surface area contributed by atoms with Gasteiger partial charge in [-0.05, 0) is 75.8 Å². The van der Waals surface area contributed by atoms with E-state index in [9.17, 15) is 9.59 Å². The Bertz CT molecular complexity index is 838. The molecular weight excluding hydrogens is 348 g/mol. The number of nitrogens with one attached hydrogen (secondary N) is 1. The highest BCUT2D eigenvalue weighted by atomic mass is 16.2. The summed E-state index contributed by atoms with van der Waals surface area (Å²) in [5.74, 6) is 0.248. The predicted octanol–water partition coefficient (Wildman–Crippen LogP) is 5.10. The molecule has 1 fully saturated rings. The summed E-state index contributed by atoms with van der Waals surface area (Å²) in [6, 6.07) is 15.9. The van der Waals surface area contributed by atoms with Crippen molar-refractivity contribution in [1.82, 2.24) is 0 Å². The number of hydrogen-bond donors (Lipinski definition) is 1. The highest BCUT2D eigenvalue weighted by Gasteiger charge is 2.32. The number of aryl methyl sites for hydroxylation is 2. The predicted molar refractivity (Wildman–Crippen MR) is 114 cm³/mol. The smallest absolute Gasteiger partial charge is 0.230 e. The van der Waals surface area contributed by atoms with Gasteiger partial charge in [-0.2, -0.15) is 0 Å². The Labute approximate surface area is 167 Å². The van der Waals surface area contributed by atoms with E-state index in [1.807, 2.05) is 68.1 Å². The molecule has 1 saturated carbocycles. The zero-order valence-electron chi connectivity index (χ0n) is 17.1. The molecule has 2 amide bonds. The molecule has 0 radical (unpaired) electrons. The highest BCUT2D eigenvalue weighted by molar-refractivity contribution is 5.96. The van der Waals surface area contributed by atoms with Gasteiger partial charge in [0.25, 0.3) is 0 Å². The first-order chi connectivity index (χ1) is 13.5. The van der Waals surface area contributed by atoms with E-state index in [0.717, 1.165) is 48.2 Å². The van der Waals surface area contributed by atoms with Crippen LogP contribution >= 0.6 is 0 Å². The van der Waals surface area contributed by atoms with Gasteiger partial charge in [-0.25, -0.2) is 0 Å². The molecule has 28 heavy (non-hydrogen) atoms. The minimum atomic E-state index is -0.0160. The van der Waals surface area contributed by atoms with Crippen LogP contribution in [0.4, 0.5) is 11.4 Å². The molecule has 0 spiro atoms. The molecule has 0 aromatic heterocycles. The summed E-state index contributed by atoms with van der Waals surface area (Å²) in [4.78, 5) is 27.6. The summed E-state index contributed by atoms with van der Waals surface area (Å²) in [6.07, 6.45) is 3.07. The van der Waals surface area contributed by atoms with E-state index < -0.39 is 0 Å². The number of anilines is 2. The van der Waals surface area contributed by atoms with E-state index >= 15 is 0 Å². The number of hydrogen-bond acceptors (Lipinski definition) is 2. The van der Waals surface area contributed by atoms with Gasteiger partial charge in [0.15, 0.2) is 0 Å². The first-order valence-corrected chi connectivity index (χ1v) is 10.2. The number of amides is 2. The monoisotopic (exact) mass is 378 g/mol. The Hall–Kier alpha value is -2.62. The van der Waals surface area contributed by atoms with Gasteiger partial charge in [0.2, 0.25) is 11.8 Å². The molecule has 3 rings (SSSR count). The van der Waals surface area contributed by atoms with E-state index in [2.05, 4.69) is 11.4 Å². The van der Waals surface area contributed by atoms with Gasteiger partial charge in [0.05, 0.1) is 0 Å². The second kappa shape index (κ2) is 9.05. The summed E-state index contributed by atoms with van der Waals surface area (Å²) >= 11 is 0. The zero-order valence-corrected chi connectivity index (χ0v) is 17.1. The van der Waals surface area contributed by atoms with E-state index in [1.165, 1.54) is 0 Å². The summed E-state index contributed by atoms with van der Waals surface area (Å²) < 4.78 is 0. The number of benzene rings is 2. The zero-order chi connectivity index (χ0) is 20.1. The lowest BCUT2D eigenvalue weighted by Gasteiger charge is -2.31. The lowest BCUT2D eigenvalue weighted by molar-refractivity contribution is -0.126. The van der Waals surface area contributed by atoms with Gasteiger partial charge < -0.3 is 10.2 Å². The number of para-hydroxylation sites is 1. The quantitative estimate of drug-likeness (QED) is 0.787. The first kappa shape index (κ1) is 20.1. The fourth-order valence-corrected chi connectivity index (χ4v) is 4.03. The molecule has 4 nitrogen and oxygen atoms in total. The molecule has 1 aliphatic carbocycles. The maximum Gasteiger partial charge on any atom is 0.230 e. The Morgan fingerprint density at radius 2 is 1.64 bits per heavy atom.